The van der Waals surface area contributed by atoms with Crippen molar-refractivity contribution in [3.05, 3.63) is 177 Å². The summed E-state index contributed by atoms with van der Waals surface area (Å²) in [7, 11) is -7.01. The molecule has 0 saturated carbocycles. The van der Waals surface area contributed by atoms with Gasteiger partial charge in [-0.3, -0.25) is 38.7 Å². The molecule has 99 heavy (non-hydrogen) atoms. The van der Waals surface area contributed by atoms with E-state index in [0.717, 1.165) is 39.7 Å². The van der Waals surface area contributed by atoms with E-state index in [9.17, 15) is 40.0 Å². The van der Waals surface area contributed by atoms with Crippen molar-refractivity contribution in [2.75, 3.05) is 50.4 Å². The number of aromatic nitrogens is 2. The lowest BCUT2D eigenvalue weighted by atomic mass is 9.98. The number of rotatable bonds is 26. The van der Waals surface area contributed by atoms with Gasteiger partial charge in [-0.15, -0.1) is 0 Å². The maximum atomic E-state index is 14.6. The molecule has 0 spiro atoms. The Kier molecular flexibility index (Phi) is 22.3. The third kappa shape index (κ3) is 15.3. The van der Waals surface area contributed by atoms with Crippen molar-refractivity contribution in [1.82, 2.24) is 19.8 Å². The monoisotopic (exact) mass is 1430 g/mol. The first-order valence-electron chi connectivity index (χ1n) is 33.0. The molecule has 0 radical (unpaired) electrons. The number of ether oxygens (including phenoxy) is 4. The molecule has 528 valence electrons. The number of anilines is 2. The van der Waals surface area contributed by atoms with E-state index in [0.29, 0.717) is 85.8 Å². The van der Waals surface area contributed by atoms with E-state index in [1.165, 1.54) is 38.5 Å². The Morgan fingerprint density at radius 2 is 0.859 bits per heavy atom. The van der Waals surface area contributed by atoms with Gasteiger partial charge in [-0.05, 0) is 129 Å². The van der Waals surface area contributed by atoms with Gasteiger partial charge in [0.25, 0.3) is 34.4 Å². The van der Waals surface area contributed by atoms with Gasteiger partial charge in [0.05, 0.1) is 75.6 Å². The Labute approximate surface area is 582 Å². The first-order valence-corrected chi connectivity index (χ1v) is 41.0. The lowest BCUT2D eigenvalue weighted by Gasteiger charge is -2.42. The van der Waals surface area contributed by atoms with Gasteiger partial charge in [0, 0.05) is 65.1 Å². The van der Waals surface area contributed by atoms with Gasteiger partial charge in [-0.1, -0.05) is 107 Å². The van der Waals surface area contributed by atoms with E-state index in [1.54, 1.807) is 86.1 Å². The number of imide groups is 1. The van der Waals surface area contributed by atoms with E-state index >= 15 is 0 Å². The second kappa shape index (κ2) is 29.7. The van der Waals surface area contributed by atoms with E-state index < -0.39 is 48.5 Å². The molecular formula is C74H90F2N6O13S2Si2. The molecule has 2 N–H and O–H groups in total. The minimum Gasteiger partial charge on any atom is -0.541 e. The van der Waals surface area contributed by atoms with Crippen molar-refractivity contribution in [3.63, 3.8) is 0 Å². The standard InChI is InChI=1S/C37H44FN3O7SSi.C37H46FN3O6SSi/c1-21(2)50(22(3)4,23(5)6)48-35-32-31(36(42)41(37(32)43)20-26-12-15-28(46-7)18-30(26)47-8)33(40-49(9,44)45)29-17-25(19-39-34(29)35)16-24-10-13-27(38)14-11-24;1-22(2)49(23(3)4,24(5)6)47-36-33-31(21-41(37(33)42)20-27-12-15-29(45-7)18-32(27)46-8)34(40-48(9,43)44)30-17-26(19-39-35(30)36)16-25-10-13-28(38)14-11-25/h10-15,17-19,21-23,40H,16,20H2,1-9H3;10-15,17-19,22-24,40H,16,20-21H2,1-9H3. The zero-order valence-electron chi connectivity index (χ0n) is 59.6. The third-order valence-electron chi connectivity index (χ3n) is 19.1. The number of amides is 3. The molecule has 2 aliphatic heterocycles. The first kappa shape index (κ1) is 74.6. The number of halogens is 2. The smallest absolute Gasteiger partial charge is 0.265 e. The number of fused-ring (bicyclic) bond motifs is 4. The van der Waals surface area contributed by atoms with Crippen LogP contribution in [0.5, 0.6) is 34.5 Å². The maximum absolute atomic E-state index is 14.6. The molecule has 4 heterocycles. The van der Waals surface area contributed by atoms with Crippen LogP contribution in [0, 0.1) is 11.6 Å². The Hall–Kier alpha value is -8.66. The number of hydrogen-bond acceptors (Lipinski definition) is 15. The second-order valence-corrected chi connectivity index (χ2v) is 41.6. The Morgan fingerprint density at radius 1 is 0.475 bits per heavy atom. The predicted octanol–water partition coefficient (Wildman–Crippen LogP) is 15.8. The number of hydrogen-bond donors (Lipinski definition) is 2. The fraction of sp³-hybridized carbons (Fsp3) is 0.392. The highest BCUT2D eigenvalue weighted by atomic mass is 32.2. The summed E-state index contributed by atoms with van der Waals surface area (Å²) in [4.78, 5) is 56.2. The topological polar surface area (TPSA) is 231 Å². The van der Waals surface area contributed by atoms with Crippen LogP contribution in [0.15, 0.2) is 109 Å². The van der Waals surface area contributed by atoms with Gasteiger partial charge in [0.1, 0.15) is 57.2 Å². The quantitative estimate of drug-likeness (QED) is 0.0379. The fourth-order valence-corrected chi connectivity index (χ4v) is 26.4. The van der Waals surface area contributed by atoms with Crippen LogP contribution in [0.2, 0.25) is 33.2 Å². The molecule has 0 fully saturated rings. The summed E-state index contributed by atoms with van der Waals surface area (Å²) in [5, 5.41) is 0.850. The number of benzene rings is 6. The van der Waals surface area contributed by atoms with Gasteiger partial charge < -0.3 is 32.7 Å². The molecule has 2 aliphatic rings. The van der Waals surface area contributed by atoms with Crippen molar-refractivity contribution < 1.29 is 67.8 Å². The number of nitrogens with one attached hydrogen (secondary N) is 2. The number of pyridine rings is 2. The molecule has 10 rings (SSSR count). The first-order chi connectivity index (χ1) is 46.6. The van der Waals surface area contributed by atoms with Gasteiger partial charge in [-0.25, -0.2) is 25.6 Å². The number of methoxy groups -OCH3 is 4. The molecule has 0 saturated heterocycles. The van der Waals surface area contributed by atoms with Crippen molar-refractivity contribution >= 4 is 87.6 Å². The van der Waals surface area contributed by atoms with Crippen LogP contribution in [0.25, 0.3) is 21.8 Å². The molecular weight excluding hydrogens is 1340 g/mol. The van der Waals surface area contributed by atoms with Crippen LogP contribution in [-0.4, -0.2) is 112 Å². The Morgan fingerprint density at radius 3 is 1.25 bits per heavy atom. The van der Waals surface area contributed by atoms with Crippen LogP contribution in [0.4, 0.5) is 20.2 Å². The summed E-state index contributed by atoms with van der Waals surface area (Å²) < 4.78 is 121. The highest BCUT2D eigenvalue weighted by Gasteiger charge is 2.52. The summed E-state index contributed by atoms with van der Waals surface area (Å²) >= 11 is 0. The summed E-state index contributed by atoms with van der Waals surface area (Å²) in [6, 6.07) is 26.5. The van der Waals surface area contributed by atoms with Gasteiger partial charge in [0.2, 0.25) is 20.0 Å². The molecule has 25 heteroatoms. The second-order valence-electron chi connectivity index (χ2n) is 27.4. The molecule has 6 aromatic carbocycles. The SMILES string of the molecule is COc1ccc(CN2C(=O)c3c(c(O[Si](C(C)C)(C(C)C)C(C)C)c4ncc(Cc5ccc(F)cc5)cc4c3NS(C)(=O)=O)C2=O)c(OC)c1.COc1ccc(CN2Cc3c(c(O[Si](C(C)C)(C(C)C)C(C)C)c4ncc(Cc5ccc(F)cc5)cc4c3NS(C)(=O)=O)C2=O)c(OC)c1. The molecule has 0 unspecified atom stereocenters. The van der Waals surface area contributed by atoms with Crippen LogP contribution < -0.4 is 37.2 Å². The molecule has 0 bridgehead atoms. The largest absolute Gasteiger partial charge is 0.541 e. The van der Waals surface area contributed by atoms with Crippen molar-refractivity contribution in [3.8, 4) is 34.5 Å². The van der Waals surface area contributed by atoms with Gasteiger partial charge >= 0.3 is 0 Å². The number of nitrogens with zero attached hydrogens (tertiary/aromatic N) is 4. The van der Waals surface area contributed by atoms with Crippen LogP contribution in [0.3, 0.4) is 0 Å². The molecule has 19 nitrogen and oxygen atoms in total. The van der Waals surface area contributed by atoms with Crippen LogP contribution in [0.1, 0.15) is 153 Å². The average Bonchev–Trinajstić information content (AvgIpc) is 1.63. The summed E-state index contributed by atoms with van der Waals surface area (Å²) in [6.07, 6.45) is 6.24. The average molecular weight is 1430 g/mol. The molecule has 0 atom stereocenters. The Balaban J connectivity index is 0.000000231. The van der Waals surface area contributed by atoms with E-state index in [2.05, 4.69) is 92.5 Å². The van der Waals surface area contributed by atoms with Crippen molar-refractivity contribution in [2.24, 2.45) is 0 Å². The van der Waals surface area contributed by atoms with E-state index in [1.807, 2.05) is 18.2 Å². The third-order valence-corrected chi connectivity index (χ3v) is 32.1. The normalized spacial score (nSPS) is 13.5. The molecule has 3 amide bonds. The van der Waals surface area contributed by atoms with E-state index in [-0.39, 0.29) is 98.5 Å². The van der Waals surface area contributed by atoms with Crippen LogP contribution >= 0.6 is 0 Å². The minimum atomic E-state index is -3.96. The number of carbonyl (C=O) groups is 3. The minimum absolute atomic E-state index is 0.0289. The van der Waals surface area contributed by atoms with Gasteiger partial charge in [0.15, 0.2) is 0 Å². The zero-order valence-corrected chi connectivity index (χ0v) is 63.2. The van der Waals surface area contributed by atoms with E-state index in [4.69, 9.17) is 37.8 Å². The summed E-state index contributed by atoms with van der Waals surface area (Å²) in [5.74, 6) is 0.421. The molecule has 2 aromatic heterocycles. The predicted molar refractivity (Wildman–Crippen MR) is 389 cm³/mol. The summed E-state index contributed by atoms with van der Waals surface area (Å²) in [6.45, 7) is 25.9. The zero-order chi connectivity index (χ0) is 72.5. The lowest BCUT2D eigenvalue weighted by Crippen LogP contribution is -2.51. The number of sulfonamides is 2. The van der Waals surface area contributed by atoms with Crippen LogP contribution in [-0.2, 0) is 52.5 Å². The van der Waals surface area contributed by atoms with Crippen molar-refractivity contribution in [2.45, 2.75) is 149 Å². The highest BCUT2D eigenvalue weighted by Crippen LogP contribution is 2.52. The lowest BCUT2D eigenvalue weighted by molar-refractivity contribution is 0.0640. The molecule has 0 aliphatic carbocycles. The summed E-state index contributed by atoms with van der Waals surface area (Å²) in [5.41, 5.74) is 7.03. The fourth-order valence-electron chi connectivity index (χ4n) is 14.7. The maximum Gasteiger partial charge on any atom is 0.265 e. The molecule has 8 aromatic rings. The highest BCUT2D eigenvalue weighted by molar-refractivity contribution is 7.92. The Bertz CT molecular complexity index is 4590. The van der Waals surface area contributed by atoms with Gasteiger partial charge in [-0.2, -0.15) is 0 Å². The van der Waals surface area contributed by atoms with Crippen molar-refractivity contribution in [1.29, 1.82) is 0 Å². The number of carbonyl (C=O) groups excluding carboxylic acids is 3.